The van der Waals surface area contributed by atoms with E-state index in [2.05, 4.69) is 15.0 Å². The first-order chi connectivity index (χ1) is 14.5. The van der Waals surface area contributed by atoms with Crippen LogP contribution in [0.3, 0.4) is 0 Å². The molecule has 0 aromatic heterocycles. The molecule has 0 radical (unpaired) electrons. The third kappa shape index (κ3) is 5.93. The van der Waals surface area contributed by atoms with E-state index in [4.69, 9.17) is 4.74 Å². The number of rotatable bonds is 6. The number of nitrogens with zero attached hydrogens (tertiary/aromatic N) is 1. The number of anilines is 1. The Kier molecular flexibility index (Phi) is 7.24. The van der Waals surface area contributed by atoms with Gasteiger partial charge >= 0.3 is 0 Å². The molecule has 0 saturated carbocycles. The molecule has 0 unspecified atom stereocenters. The van der Waals surface area contributed by atoms with Crippen molar-refractivity contribution in [1.82, 2.24) is 4.72 Å². The lowest BCUT2D eigenvalue weighted by Gasteiger charge is -2.10. The van der Waals surface area contributed by atoms with Gasteiger partial charge in [-0.1, -0.05) is 24.6 Å². The second kappa shape index (κ2) is 10.1. The molecule has 0 atom stereocenters. The van der Waals surface area contributed by atoms with Crippen LogP contribution < -0.4 is 14.8 Å². The Morgan fingerprint density at radius 1 is 1.07 bits per heavy atom. The highest BCUT2D eigenvalue weighted by Crippen LogP contribution is 2.19. The van der Waals surface area contributed by atoms with Crippen LogP contribution in [0.2, 0.25) is 0 Å². The zero-order valence-electron chi connectivity index (χ0n) is 16.8. The summed E-state index contributed by atoms with van der Waals surface area (Å²) in [6, 6.07) is 13.4. The van der Waals surface area contributed by atoms with E-state index in [9.17, 15) is 13.2 Å². The molecule has 7 nitrogen and oxygen atoms in total. The van der Waals surface area contributed by atoms with Crippen molar-refractivity contribution in [2.45, 2.75) is 30.6 Å². The minimum Gasteiger partial charge on any atom is -0.496 e. The van der Waals surface area contributed by atoms with Crippen molar-refractivity contribution >= 4 is 33.5 Å². The van der Waals surface area contributed by atoms with Gasteiger partial charge in [-0.25, -0.2) is 8.42 Å². The van der Waals surface area contributed by atoms with Crippen LogP contribution in [-0.4, -0.2) is 33.8 Å². The van der Waals surface area contributed by atoms with Gasteiger partial charge < -0.3 is 10.1 Å². The van der Waals surface area contributed by atoms with E-state index in [1.54, 1.807) is 25.3 Å². The van der Waals surface area contributed by atoms with E-state index in [1.165, 1.54) is 18.2 Å². The summed E-state index contributed by atoms with van der Waals surface area (Å²) >= 11 is 0. The predicted octanol–water partition coefficient (Wildman–Crippen LogP) is 3.60. The normalized spacial score (nSPS) is 14.6. The quantitative estimate of drug-likeness (QED) is 0.689. The number of hydrogen-bond donors (Lipinski definition) is 2. The van der Waals surface area contributed by atoms with Gasteiger partial charge in [-0.05, 0) is 49.2 Å². The Bertz CT molecular complexity index is 1040. The Morgan fingerprint density at radius 3 is 2.60 bits per heavy atom. The minimum atomic E-state index is -3.70. The van der Waals surface area contributed by atoms with Crippen LogP contribution >= 0.6 is 0 Å². The molecule has 0 spiro atoms. The Morgan fingerprint density at radius 2 is 1.83 bits per heavy atom. The van der Waals surface area contributed by atoms with Gasteiger partial charge in [-0.3, -0.25) is 14.5 Å². The summed E-state index contributed by atoms with van der Waals surface area (Å²) in [5.41, 5.74) is 1.28. The molecule has 2 N–H and O–H groups in total. The predicted molar refractivity (Wildman–Crippen MR) is 118 cm³/mol. The van der Waals surface area contributed by atoms with E-state index in [0.717, 1.165) is 24.8 Å². The first-order valence-electron chi connectivity index (χ1n) is 9.76. The molecular weight excluding hydrogens is 402 g/mol. The maximum absolute atomic E-state index is 12.6. The van der Waals surface area contributed by atoms with Crippen LogP contribution in [0.4, 0.5) is 5.69 Å². The van der Waals surface area contributed by atoms with Crippen LogP contribution in [0, 0.1) is 0 Å². The molecule has 1 aliphatic rings. The number of amidine groups is 1. The molecule has 30 heavy (non-hydrogen) atoms. The first-order valence-corrected chi connectivity index (χ1v) is 11.2. The fourth-order valence-corrected chi connectivity index (χ4v) is 4.13. The maximum atomic E-state index is 12.6. The van der Waals surface area contributed by atoms with Crippen LogP contribution in [-0.2, 0) is 14.8 Å². The van der Waals surface area contributed by atoms with Gasteiger partial charge in [0.05, 0.1) is 12.0 Å². The lowest BCUT2D eigenvalue weighted by atomic mass is 10.2. The molecule has 1 heterocycles. The van der Waals surface area contributed by atoms with Crippen LogP contribution in [0.5, 0.6) is 5.75 Å². The Hall–Kier alpha value is -3.13. The third-order valence-electron chi connectivity index (χ3n) is 4.61. The summed E-state index contributed by atoms with van der Waals surface area (Å²) in [5, 5.41) is 2.71. The lowest BCUT2D eigenvalue weighted by Crippen LogP contribution is -2.30. The molecule has 0 bridgehead atoms. The number of methoxy groups -OCH3 is 1. The van der Waals surface area contributed by atoms with E-state index >= 15 is 0 Å². The van der Waals surface area contributed by atoms with E-state index in [-0.39, 0.29) is 10.8 Å². The van der Waals surface area contributed by atoms with Crippen molar-refractivity contribution in [3.05, 3.63) is 60.2 Å². The number of carbonyl (C=O) groups excluding carboxylic acids is 1. The number of para-hydroxylation sites is 1. The van der Waals surface area contributed by atoms with E-state index in [0.29, 0.717) is 30.2 Å². The monoisotopic (exact) mass is 427 g/mol. The van der Waals surface area contributed by atoms with Crippen molar-refractivity contribution in [1.29, 1.82) is 0 Å². The first kappa shape index (κ1) is 21.6. The topological polar surface area (TPSA) is 96.9 Å². The number of nitrogens with one attached hydrogen (secondary N) is 2. The fraction of sp³-hybridized carbons (Fsp3) is 0.273. The molecule has 3 rings (SSSR count). The summed E-state index contributed by atoms with van der Waals surface area (Å²) < 4.78 is 32.9. The molecule has 158 valence electrons. The number of benzene rings is 2. The number of sulfonamides is 1. The van der Waals surface area contributed by atoms with Gasteiger partial charge in [0.2, 0.25) is 5.91 Å². The molecule has 0 saturated heterocycles. The van der Waals surface area contributed by atoms with Gasteiger partial charge in [-0.15, -0.1) is 0 Å². The van der Waals surface area contributed by atoms with Crippen molar-refractivity contribution in [3.63, 3.8) is 0 Å². The molecule has 0 aliphatic carbocycles. The van der Waals surface area contributed by atoms with Crippen LogP contribution in [0.25, 0.3) is 6.08 Å². The second-order valence-electron chi connectivity index (χ2n) is 6.83. The van der Waals surface area contributed by atoms with Gasteiger partial charge in [0.1, 0.15) is 11.6 Å². The fourth-order valence-electron chi connectivity index (χ4n) is 3.04. The zero-order chi connectivity index (χ0) is 21.4. The van der Waals surface area contributed by atoms with Crippen molar-refractivity contribution in [3.8, 4) is 5.75 Å². The smallest absolute Gasteiger partial charge is 0.262 e. The summed E-state index contributed by atoms with van der Waals surface area (Å²) in [4.78, 5) is 16.6. The van der Waals surface area contributed by atoms with Crippen molar-refractivity contribution in [2.75, 3.05) is 19.0 Å². The molecule has 8 heteroatoms. The van der Waals surface area contributed by atoms with Crippen molar-refractivity contribution in [2.24, 2.45) is 4.99 Å². The highest BCUT2D eigenvalue weighted by molar-refractivity contribution is 7.90. The highest BCUT2D eigenvalue weighted by atomic mass is 32.2. The maximum Gasteiger partial charge on any atom is 0.262 e. The zero-order valence-corrected chi connectivity index (χ0v) is 17.6. The second-order valence-corrected chi connectivity index (χ2v) is 8.52. The van der Waals surface area contributed by atoms with Gasteiger partial charge in [-0.2, -0.15) is 0 Å². The average Bonchev–Trinajstić information content (AvgIpc) is 3.01. The lowest BCUT2D eigenvalue weighted by molar-refractivity contribution is -0.111. The standard InChI is InChI=1S/C22H25N3O4S/c1-29-20-8-5-4-7-17(20)10-15-22(26)24-18-11-13-19(14-12-18)30(27,28)25-21-9-3-2-6-16-23-21/h4-5,7-8,10-15H,2-3,6,9,16H2,1H3,(H,23,25)(H,24,26)/b15-10+. The molecule has 2 aromatic carbocycles. The molecule has 1 aliphatic heterocycles. The van der Waals surface area contributed by atoms with Crippen LogP contribution in [0.15, 0.2) is 64.5 Å². The number of hydrogen-bond acceptors (Lipinski definition) is 5. The Balaban J connectivity index is 1.63. The summed E-state index contributed by atoms with van der Waals surface area (Å²) in [5.74, 6) is 0.843. The summed E-state index contributed by atoms with van der Waals surface area (Å²) in [6.45, 7) is 0.644. The van der Waals surface area contributed by atoms with Crippen molar-refractivity contribution < 1.29 is 17.9 Å². The summed E-state index contributed by atoms with van der Waals surface area (Å²) in [6.07, 6.45) is 6.64. The largest absolute Gasteiger partial charge is 0.496 e. The number of amides is 1. The van der Waals surface area contributed by atoms with E-state index < -0.39 is 10.0 Å². The van der Waals surface area contributed by atoms with Gasteiger partial charge in [0.15, 0.2) is 0 Å². The minimum absolute atomic E-state index is 0.122. The van der Waals surface area contributed by atoms with E-state index in [1.807, 2.05) is 24.3 Å². The van der Waals surface area contributed by atoms with Gasteiger partial charge in [0, 0.05) is 30.3 Å². The molecule has 0 fully saturated rings. The molecule has 1 amide bonds. The molecule has 2 aromatic rings. The Labute approximate surface area is 176 Å². The number of ether oxygens (including phenoxy) is 1. The van der Waals surface area contributed by atoms with Gasteiger partial charge in [0.25, 0.3) is 10.0 Å². The molecular formula is C22H25N3O4S. The highest BCUT2D eigenvalue weighted by Gasteiger charge is 2.17. The average molecular weight is 428 g/mol. The number of aliphatic imine (C=N–C) groups is 1. The third-order valence-corrected chi connectivity index (χ3v) is 6.01. The summed E-state index contributed by atoms with van der Waals surface area (Å²) in [7, 11) is -2.13. The number of carbonyl (C=O) groups is 1. The van der Waals surface area contributed by atoms with Crippen LogP contribution in [0.1, 0.15) is 31.2 Å². The SMILES string of the molecule is COc1ccccc1/C=C/C(=O)Nc1ccc(S(=O)(=O)NC2=NCCCCC2)cc1.